The molecule has 0 fully saturated rings. The number of hydrogen-bond acceptors (Lipinski definition) is 1. The van der Waals surface area contributed by atoms with Crippen LogP contribution in [-0.4, -0.2) is 4.98 Å². The third kappa shape index (κ3) is 2.34. The highest BCUT2D eigenvalue weighted by Gasteiger charge is 1.92. The molecule has 0 aliphatic heterocycles. The molecule has 1 heterocycles. The van der Waals surface area contributed by atoms with Crippen molar-refractivity contribution < 1.29 is 0 Å². The minimum atomic E-state index is 1.04. The predicted octanol–water partition coefficient (Wildman–Crippen LogP) is 2.60. The lowest BCUT2D eigenvalue weighted by Crippen LogP contribution is -1.89. The topological polar surface area (TPSA) is 12.9 Å². The lowest BCUT2D eigenvalue weighted by atomic mass is 10.1. The van der Waals surface area contributed by atoms with Crippen LogP contribution in [0.1, 0.15) is 31.5 Å². The van der Waals surface area contributed by atoms with Gasteiger partial charge in [-0.15, -0.1) is 0 Å². The highest BCUT2D eigenvalue weighted by atomic mass is 14.7. The summed E-state index contributed by atoms with van der Waals surface area (Å²) < 4.78 is 0. The van der Waals surface area contributed by atoms with Crippen molar-refractivity contribution in [2.24, 2.45) is 0 Å². The van der Waals surface area contributed by atoms with E-state index in [0.717, 1.165) is 6.42 Å². The normalized spacial score (nSPS) is 10.0. The molecule has 0 bridgehead atoms. The van der Waals surface area contributed by atoms with Crippen molar-refractivity contribution in [2.75, 3.05) is 0 Å². The molecule has 0 unspecified atom stereocenters. The van der Waals surface area contributed by atoms with Crippen LogP contribution in [0.25, 0.3) is 0 Å². The smallest absolute Gasteiger partial charge is 0.0403 e. The van der Waals surface area contributed by atoms with Crippen molar-refractivity contribution in [3.05, 3.63) is 29.6 Å². The molecule has 0 aromatic carbocycles. The molecule has 60 valence electrons. The van der Waals surface area contributed by atoms with E-state index in [1.807, 2.05) is 6.20 Å². The Morgan fingerprint density at radius 2 is 2.18 bits per heavy atom. The average Bonchev–Trinajstić information content (AvgIpc) is 2.06. The van der Waals surface area contributed by atoms with E-state index in [1.54, 1.807) is 0 Å². The summed E-state index contributed by atoms with van der Waals surface area (Å²) in [7, 11) is 0. The predicted molar refractivity (Wildman–Crippen MR) is 47.6 cm³/mol. The summed E-state index contributed by atoms with van der Waals surface area (Å²) >= 11 is 0. The Balaban J connectivity index is 2.74. The number of nitrogens with zero attached hydrogens (tertiary/aromatic N) is 1. The molecule has 0 aliphatic rings. The van der Waals surface area contributed by atoms with Crippen LogP contribution in [0.15, 0.2) is 18.3 Å². The Kier molecular flexibility index (Phi) is 3.09. The van der Waals surface area contributed by atoms with Crippen molar-refractivity contribution in [2.45, 2.75) is 33.1 Å². The molecule has 1 nitrogen and oxygen atoms in total. The summed E-state index contributed by atoms with van der Waals surface area (Å²) in [5, 5.41) is 0. The Hall–Kier alpha value is -0.850. The van der Waals surface area contributed by atoms with Gasteiger partial charge in [-0.05, 0) is 30.5 Å². The van der Waals surface area contributed by atoms with Crippen LogP contribution in [0.3, 0.4) is 0 Å². The van der Waals surface area contributed by atoms with E-state index in [0.29, 0.717) is 0 Å². The molecule has 1 heteroatoms. The van der Waals surface area contributed by atoms with Gasteiger partial charge in [0.1, 0.15) is 0 Å². The van der Waals surface area contributed by atoms with Crippen LogP contribution >= 0.6 is 0 Å². The van der Waals surface area contributed by atoms with Gasteiger partial charge in [0.2, 0.25) is 0 Å². The minimum Gasteiger partial charge on any atom is -0.261 e. The van der Waals surface area contributed by atoms with Gasteiger partial charge in [-0.1, -0.05) is 20.3 Å². The number of aryl methyl sites for hydroxylation is 2. The van der Waals surface area contributed by atoms with E-state index in [-0.39, 0.29) is 0 Å². The first-order valence-corrected chi connectivity index (χ1v) is 4.30. The maximum Gasteiger partial charge on any atom is 0.0403 e. The molecule has 0 N–H and O–H groups in total. The van der Waals surface area contributed by atoms with Gasteiger partial charge in [0, 0.05) is 11.9 Å². The second-order valence-corrected chi connectivity index (χ2v) is 2.76. The Morgan fingerprint density at radius 1 is 1.36 bits per heavy atom. The number of hydrogen-bond donors (Lipinski definition) is 0. The van der Waals surface area contributed by atoms with E-state index in [4.69, 9.17) is 0 Å². The fourth-order valence-corrected chi connectivity index (χ4v) is 1.17. The van der Waals surface area contributed by atoms with E-state index < -0.39 is 0 Å². The summed E-state index contributed by atoms with van der Waals surface area (Å²) in [5.41, 5.74) is 2.62. The first-order valence-electron chi connectivity index (χ1n) is 4.30. The van der Waals surface area contributed by atoms with E-state index in [9.17, 15) is 0 Å². The largest absolute Gasteiger partial charge is 0.261 e. The summed E-state index contributed by atoms with van der Waals surface area (Å²) in [4.78, 5) is 4.24. The fourth-order valence-electron chi connectivity index (χ4n) is 1.17. The van der Waals surface area contributed by atoms with Crippen LogP contribution in [0, 0.1) is 0 Å². The summed E-state index contributed by atoms with van der Waals surface area (Å²) in [6, 6.07) is 4.30. The Morgan fingerprint density at radius 3 is 2.82 bits per heavy atom. The molecule has 0 aliphatic carbocycles. The molecule has 1 aromatic rings. The molecule has 0 spiro atoms. The maximum atomic E-state index is 4.24. The van der Waals surface area contributed by atoms with Crippen LogP contribution in [0.4, 0.5) is 0 Å². The quantitative estimate of drug-likeness (QED) is 0.643. The van der Waals surface area contributed by atoms with Crippen molar-refractivity contribution in [3.8, 4) is 0 Å². The summed E-state index contributed by atoms with van der Waals surface area (Å²) in [6.45, 7) is 4.34. The number of pyridine rings is 1. The standard InChI is InChI=1S/C10H15N/c1-3-5-9-6-7-11-10(4-2)8-9/h6-8H,3-5H2,1-2H3. The third-order valence-electron chi connectivity index (χ3n) is 1.78. The van der Waals surface area contributed by atoms with Gasteiger partial charge in [0.05, 0.1) is 0 Å². The summed E-state index contributed by atoms with van der Waals surface area (Å²) in [5.74, 6) is 0. The van der Waals surface area contributed by atoms with Crippen LogP contribution in [0.2, 0.25) is 0 Å². The van der Waals surface area contributed by atoms with Gasteiger partial charge < -0.3 is 0 Å². The molecule has 0 saturated heterocycles. The molecule has 1 aromatic heterocycles. The van der Waals surface area contributed by atoms with Crippen LogP contribution in [0.5, 0.6) is 0 Å². The average molecular weight is 149 g/mol. The molecule has 0 radical (unpaired) electrons. The molecule has 0 amide bonds. The Labute approximate surface area is 68.5 Å². The molecule has 1 rings (SSSR count). The van der Waals surface area contributed by atoms with Gasteiger partial charge in [-0.25, -0.2) is 0 Å². The second-order valence-electron chi connectivity index (χ2n) is 2.76. The first kappa shape index (κ1) is 8.25. The number of aromatic nitrogens is 1. The van der Waals surface area contributed by atoms with Gasteiger partial charge in [-0.3, -0.25) is 4.98 Å². The van der Waals surface area contributed by atoms with Crippen molar-refractivity contribution in [3.63, 3.8) is 0 Å². The van der Waals surface area contributed by atoms with Crippen molar-refractivity contribution >= 4 is 0 Å². The second kappa shape index (κ2) is 4.12. The van der Waals surface area contributed by atoms with Gasteiger partial charge >= 0.3 is 0 Å². The fraction of sp³-hybridized carbons (Fsp3) is 0.500. The van der Waals surface area contributed by atoms with Crippen molar-refractivity contribution in [1.29, 1.82) is 0 Å². The highest BCUT2D eigenvalue weighted by molar-refractivity contribution is 5.16. The lowest BCUT2D eigenvalue weighted by Gasteiger charge is -1.99. The van der Waals surface area contributed by atoms with E-state index >= 15 is 0 Å². The number of rotatable bonds is 3. The first-order chi connectivity index (χ1) is 5.36. The molecular weight excluding hydrogens is 134 g/mol. The van der Waals surface area contributed by atoms with Gasteiger partial charge in [0.15, 0.2) is 0 Å². The van der Waals surface area contributed by atoms with Crippen molar-refractivity contribution in [1.82, 2.24) is 4.98 Å². The Bertz CT molecular complexity index is 218. The molecule has 11 heavy (non-hydrogen) atoms. The lowest BCUT2D eigenvalue weighted by molar-refractivity contribution is 0.906. The van der Waals surface area contributed by atoms with Crippen LogP contribution < -0.4 is 0 Å². The van der Waals surface area contributed by atoms with Crippen LogP contribution in [-0.2, 0) is 12.8 Å². The third-order valence-corrected chi connectivity index (χ3v) is 1.78. The SMILES string of the molecule is CCCc1ccnc(CC)c1. The van der Waals surface area contributed by atoms with Gasteiger partial charge in [-0.2, -0.15) is 0 Å². The molecule has 0 saturated carbocycles. The zero-order valence-corrected chi connectivity index (χ0v) is 7.30. The molecule has 0 atom stereocenters. The molecular formula is C10H15N. The van der Waals surface area contributed by atoms with E-state index in [1.165, 1.54) is 24.1 Å². The highest BCUT2D eigenvalue weighted by Crippen LogP contribution is 2.04. The zero-order valence-electron chi connectivity index (χ0n) is 7.30. The van der Waals surface area contributed by atoms with E-state index in [2.05, 4.69) is 31.0 Å². The van der Waals surface area contributed by atoms with Gasteiger partial charge in [0.25, 0.3) is 0 Å². The monoisotopic (exact) mass is 149 g/mol. The summed E-state index contributed by atoms with van der Waals surface area (Å²) in [6.07, 6.45) is 5.34. The minimum absolute atomic E-state index is 1.04. The zero-order chi connectivity index (χ0) is 8.10. The maximum absolute atomic E-state index is 4.24.